The van der Waals surface area contributed by atoms with E-state index in [2.05, 4.69) is 22.6 Å². The second-order valence-electron chi connectivity index (χ2n) is 4.41. The smallest absolute Gasteiger partial charge is 0.154 e. The molecule has 0 spiro atoms. The molecule has 0 fully saturated rings. The van der Waals surface area contributed by atoms with Crippen molar-refractivity contribution in [2.24, 2.45) is 0 Å². The number of hydrogen-bond acceptors (Lipinski definition) is 4. The van der Waals surface area contributed by atoms with Crippen molar-refractivity contribution in [3.05, 3.63) is 54.4 Å². The van der Waals surface area contributed by atoms with E-state index >= 15 is 0 Å². The van der Waals surface area contributed by atoms with Gasteiger partial charge in [0.05, 0.1) is 18.4 Å². The molecular formula is C15H16N4O. The Hall–Kier alpha value is -2.40. The topological polar surface area (TPSA) is 55.9 Å². The fourth-order valence-electron chi connectivity index (χ4n) is 2.02. The Bertz CT molecular complexity index is 672. The predicted octanol–water partition coefficient (Wildman–Crippen LogP) is 2.64. The minimum Gasteiger partial charge on any atom is -0.458 e. The van der Waals surface area contributed by atoms with Crippen molar-refractivity contribution < 1.29 is 4.42 Å². The van der Waals surface area contributed by atoms with Crippen LogP contribution in [-0.4, -0.2) is 21.5 Å². The van der Waals surface area contributed by atoms with Crippen LogP contribution in [0.15, 0.2) is 53.1 Å². The Kier molecular flexibility index (Phi) is 3.60. The summed E-state index contributed by atoms with van der Waals surface area (Å²) in [6, 6.07) is 13.8. The van der Waals surface area contributed by atoms with Gasteiger partial charge in [0.2, 0.25) is 0 Å². The summed E-state index contributed by atoms with van der Waals surface area (Å²) < 4.78 is 7.60. The van der Waals surface area contributed by atoms with Gasteiger partial charge in [-0.05, 0) is 30.8 Å². The number of nitrogens with zero attached hydrogens (tertiary/aromatic N) is 3. The minimum absolute atomic E-state index is 0.726. The fraction of sp³-hybridized carbons (Fsp3) is 0.200. The molecule has 2 aromatic heterocycles. The molecule has 0 aliphatic carbocycles. The first-order valence-corrected chi connectivity index (χ1v) is 6.64. The molecule has 0 radical (unpaired) electrons. The Balaban J connectivity index is 1.92. The quantitative estimate of drug-likeness (QED) is 0.773. The largest absolute Gasteiger partial charge is 0.458 e. The molecule has 0 aliphatic heterocycles. The summed E-state index contributed by atoms with van der Waals surface area (Å²) in [5.74, 6) is 1.68. The van der Waals surface area contributed by atoms with Crippen LogP contribution in [0, 0.1) is 0 Å². The lowest BCUT2D eigenvalue weighted by Crippen LogP contribution is -2.10. The maximum absolute atomic E-state index is 5.83. The van der Waals surface area contributed by atoms with Crippen molar-refractivity contribution in [1.82, 2.24) is 20.3 Å². The van der Waals surface area contributed by atoms with Crippen LogP contribution >= 0.6 is 0 Å². The van der Waals surface area contributed by atoms with Gasteiger partial charge in [-0.1, -0.05) is 30.3 Å². The molecule has 3 rings (SSSR count). The van der Waals surface area contributed by atoms with Gasteiger partial charge in [0, 0.05) is 0 Å². The van der Waals surface area contributed by atoms with Crippen molar-refractivity contribution in [2.45, 2.75) is 13.5 Å². The molecule has 20 heavy (non-hydrogen) atoms. The van der Waals surface area contributed by atoms with E-state index in [1.165, 1.54) is 0 Å². The van der Waals surface area contributed by atoms with Crippen molar-refractivity contribution in [2.75, 3.05) is 6.54 Å². The second kappa shape index (κ2) is 5.71. The molecule has 5 nitrogen and oxygen atoms in total. The highest BCUT2D eigenvalue weighted by atomic mass is 16.3. The van der Waals surface area contributed by atoms with Crippen LogP contribution in [0.2, 0.25) is 0 Å². The third-order valence-electron chi connectivity index (χ3n) is 3.01. The number of aromatic nitrogens is 3. The van der Waals surface area contributed by atoms with Gasteiger partial charge >= 0.3 is 0 Å². The Morgan fingerprint density at radius 3 is 2.80 bits per heavy atom. The predicted molar refractivity (Wildman–Crippen MR) is 76.4 cm³/mol. The Labute approximate surface area is 117 Å². The summed E-state index contributed by atoms with van der Waals surface area (Å²) >= 11 is 0. The first-order valence-electron chi connectivity index (χ1n) is 6.64. The molecule has 1 aromatic carbocycles. The fourth-order valence-corrected chi connectivity index (χ4v) is 2.02. The average molecular weight is 268 g/mol. The van der Waals surface area contributed by atoms with Crippen LogP contribution in [0.5, 0.6) is 0 Å². The van der Waals surface area contributed by atoms with E-state index in [-0.39, 0.29) is 0 Å². The summed E-state index contributed by atoms with van der Waals surface area (Å²) in [6.07, 6.45) is 1.71. The maximum Gasteiger partial charge on any atom is 0.154 e. The number of hydrogen-bond donors (Lipinski definition) is 1. The van der Waals surface area contributed by atoms with Crippen molar-refractivity contribution in [3.8, 4) is 17.1 Å². The SMILES string of the molecule is CCNCc1ccc(-c2cnnn2-c2ccccc2)o1. The van der Waals surface area contributed by atoms with Crippen LogP contribution in [0.25, 0.3) is 17.1 Å². The number of nitrogens with one attached hydrogen (secondary N) is 1. The highest BCUT2D eigenvalue weighted by Gasteiger charge is 2.12. The van der Waals surface area contributed by atoms with Crippen molar-refractivity contribution >= 4 is 0 Å². The molecule has 0 aliphatic rings. The zero-order chi connectivity index (χ0) is 13.8. The molecular weight excluding hydrogens is 252 g/mol. The molecule has 0 amide bonds. The van der Waals surface area contributed by atoms with Gasteiger partial charge in [-0.3, -0.25) is 0 Å². The van der Waals surface area contributed by atoms with Crippen LogP contribution < -0.4 is 5.32 Å². The molecule has 0 saturated heterocycles. The molecule has 0 saturated carbocycles. The van der Waals surface area contributed by atoms with E-state index in [0.29, 0.717) is 0 Å². The van der Waals surface area contributed by atoms with E-state index in [9.17, 15) is 0 Å². The first kappa shape index (κ1) is 12.6. The van der Waals surface area contributed by atoms with E-state index in [4.69, 9.17) is 4.42 Å². The average Bonchev–Trinajstić information content (AvgIpc) is 3.14. The number of benzene rings is 1. The monoisotopic (exact) mass is 268 g/mol. The van der Waals surface area contributed by atoms with Gasteiger partial charge in [0.15, 0.2) is 5.76 Å². The Morgan fingerprint density at radius 1 is 1.15 bits per heavy atom. The van der Waals surface area contributed by atoms with Gasteiger partial charge in [0.25, 0.3) is 0 Å². The van der Waals surface area contributed by atoms with Gasteiger partial charge in [-0.15, -0.1) is 5.10 Å². The third kappa shape index (κ3) is 2.48. The third-order valence-corrected chi connectivity index (χ3v) is 3.01. The molecule has 0 bridgehead atoms. The van der Waals surface area contributed by atoms with Crippen molar-refractivity contribution in [3.63, 3.8) is 0 Å². The van der Waals surface area contributed by atoms with E-state index in [0.717, 1.165) is 36.0 Å². The molecule has 0 unspecified atom stereocenters. The van der Waals surface area contributed by atoms with E-state index in [1.807, 2.05) is 42.5 Å². The molecule has 1 N–H and O–H groups in total. The summed E-state index contributed by atoms with van der Waals surface area (Å²) in [5, 5.41) is 11.3. The normalized spacial score (nSPS) is 10.8. The summed E-state index contributed by atoms with van der Waals surface area (Å²) in [7, 11) is 0. The number of rotatable bonds is 5. The lowest BCUT2D eigenvalue weighted by Gasteiger charge is -2.03. The minimum atomic E-state index is 0.726. The highest BCUT2D eigenvalue weighted by molar-refractivity contribution is 5.54. The standard InChI is InChI=1S/C15H16N4O/c1-2-16-10-13-8-9-15(20-13)14-11-17-18-19(14)12-6-4-3-5-7-12/h3-9,11,16H,2,10H2,1H3. The zero-order valence-electron chi connectivity index (χ0n) is 11.3. The van der Waals surface area contributed by atoms with Gasteiger partial charge in [-0.2, -0.15) is 0 Å². The van der Waals surface area contributed by atoms with Crippen LogP contribution in [-0.2, 0) is 6.54 Å². The summed E-state index contributed by atoms with van der Waals surface area (Å²) in [4.78, 5) is 0. The lowest BCUT2D eigenvalue weighted by molar-refractivity contribution is 0.496. The lowest BCUT2D eigenvalue weighted by atomic mass is 10.3. The van der Waals surface area contributed by atoms with Crippen molar-refractivity contribution in [1.29, 1.82) is 0 Å². The van der Waals surface area contributed by atoms with E-state index in [1.54, 1.807) is 10.9 Å². The number of furan rings is 1. The summed E-state index contributed by atoms with van der Waals surface area (Å²) in [6.45, 7) is 3.71. The molecule has 102 valence electrons. The number of para-hydroxylation sites is 1. The Morgan fingerprint density at radius 2 is 2.00 bits per heavy atom. The highest BCUT2D eigenvalue weighted by Crippen LogP contribution is 2.23. The molecule has 2 heterocycles. The van der Waals surface area contributed by atoms with Gasteiger partial charge in [-0.25, -0.2) is 4.68 Å². The zero-order valence-corrected chi connectivity index (χ0v) is 11.3. The molecule has 5 heteroatoms. The van der Waals surface area contributed by atoms with Crippen LogP contribution in [0.3, 0.4) is 0 Å². The first-order chi connectivity index (χ1) is 9.88. The van der Waals surface area contributed by atoms with E-state index < -0.39 is 0 Å². The van der Waals surface area contributed by atoms with Gasteiger partial charge < -0.3 is 9.73 Å². The van der Waals surface area contributed by atoms with Crippen LogP contribution in [0.1, 0.15) is 12.7 Å². The van der Waals surface area contributed by atoms with Crippen LogP contribution in [0.4, 0.5) is 0 Å². The molecule has 0 atom stereocenters. The summed E-state index contributed by atoms with van der Waals surface area (Å²) in [5.41, 5.74) is 1.81. The maximum atomic E-state index is 5.83. The van der Waals surface area contributed by atoms with Gasteiger partial charge in [0.1, 0.15) is 11.5 Å². The second-order valence-corrected chi connectivity index (χ2v) is 4.41. The molecule has 3 aromatic rings.